The van der Waals surface area contributed by atoms with Crippen LogP contribution >= 0.6 is 11.5 Å². The molecule has 0 aromatic carbocycles. The standard InChI is InChI=1S/C13H22N4O2S2/c1-16(2)8-9-4-3-7-17(9)13-11(12(14)15-20-13)21(18,19)10-5-6-10/h9-10H,3-8H2,1-2H3,(H2,14,15). The predicted molar refractivity (Wildman–Crippen MR) is 85.7 cm³/mol. The molecule has 1 aromatic heterocycles. The second-order valence-electron chi connectivity index (χ2n) is 6.20. The summed E-state index contributed by atoms with van der Waals surface area (Å²) in [6, 6.07) is 0.341. The molecule has 1 saturated carbocycles. The van der Waals surface area contributed by atoms with Gasteiger partial charge in [0.25, 0.3) is 0 Å². The van der Waals surface area contributed by atoms with Crippen molar-refractivity contribution in [1.82, 2.24) is 9.27 Å². The number of aromatic nitrogens is 1. The molecule has 2 fully saturated rings. The van der Waals surface area contributed by atoms with Gasteiger partial charge in [0, 0.05) is 19.1 Å². The largest absolute Gasteiger partial charge is 0.382 e. The molecule has 2 aliphatic rings. The van der Waals surface area contributed by atoms with Crippen LogP contribution in [0.15, 0.2) is 4.90 Å². The third-order valence-electron chi connectivity index (χ3n) is 4.12. The predicted octanol–water partition coefficient (Wildman–Crippen LogP) is 1.19. The van der Waals surface area contributed by atoms with E-state index in [1.807, 2.05) is 14.1 Å². The molecule has 0 amide bonds. The molecule has 1 atom stereocenters. The highest BCUT2D eigenvalue weighted by molar-refractivity contribution is 7.92. The van der Waals surface area contributed by atoms with Crippen LogP contribution in [-0.2, 0) is 9.84 Å². The van der Waals surface area contributed by atoms with Crippen LogP contribution in [-0.4, -0.2) is 56.2 Å². The number of sulfone groups is 1. The molecule has 8 heteroatoms. The molecule has 2 heterocycles. The van der Waals surface area contributed by atoms with Crippen molar-refractivity contribution in [2.45, 2.75) is 41.9 Å². The van der Waals surface area contributed by atoms with Crippen molar-refractivity contribution in [1.29, 1.82) is 0 Å². The van der Waals surface area contributed by atoms with Gasteiger partial charge < -0.3 is 15.5 Å². The average molecular weight is 330 g/mol. The van der Waals surface area contributed by atoms with Crippen molar-refractivity contribution in [2.75, 3.05) is 37.8 Å². The van der Waals surface area contributed by atoms with Gasteiger partial charge >= 0.3 is 0 Å². The van der Waals surface area contributed by atoms with Crippen molar-refractivity contribution < 1.29 is 8.42 Å². The van der Waals surface area contributed by atoms with E-state index in [0.29, 0.717) is 10.9 Å². The van der Waals surface area contributed by atoms with E-state index < -0.39 is 9.84 Å². The number of nitrogen functional groups attached to an aromatic ring is 1. The van der Waals surface area contributed by atoms with Gasteiger partial charge in [-0.15, -0.1) is 0 Å². The summed E-state index contributed by atoms with van der Waals surface area (Å²) in [6.07, 6.45) is 3.66. The van der Waals surface area contributed by atoms with Crippen molar-refractivity contribution in [3.63, 3.8) is 0 Å². The number of nitrogens with two attached hydrogens (primary N) is 1. The maximum atomic E-state index is 12.6. The Morgan fingerprint density at radius 2 is 2.10 bits per heavy atom. The quantitative estimate of drug-likeness (QED) is 0.874. The Labute approximate surface area is 130 Å². The van der Waals surface area contributed by atoms with E-state index in [0.717, 1.165) is 43.8 Å². The SMILES string of the molecule is CN(C)CC1CCCN1c1snc(N)c1S(=O)(=O)C1CC1. The number of rotatable bonds is 5. The van der Waals surface area contributed by atoms with Gasteiger partial charge in [-0.1, -0.05) is 0 Å². The van der Waals surface area contributed by atoms with E-state index in [4.69, 9.17) is 5.73 Å². The van der Waals surface area contributed by atoms with E-state index in [2.05, 4.69) is 14.2 Å². The van der Waals surface area contributed by atoms with Gasteiger partial charge in [-0.2, -0.15) is 4.37 Å². The summed E-state index contributed by atoms with van der Waals surface area (Å²) in [4.78, 5) is 4.63. The summed E-state index contributed by atoms with van der Waals surface area (Å²) in [5.41, 5.74) is 5.89. The number of hydrogen-bond donors (Lipinski definition) is 1. The Morgan fingerprint density at radius 3 is 2.71 bits per heavy atom. The molecule has 0 spiro atoms. The molecule has 0 radical (unpaired) electrons. The fourth-order valence-corrected chi connectivity index (χ4v) is 6.11. The molecular formula is C13H22N4O2S2. The van der Waals surface area contributed by atoms with Crippen LogP contribution in [0.1, 0.15) is 25.7 Å². The van der Waals surface area contributed by atoms with Crippen molar-refractivity contribution in [3.8, 4) is 0 Å². The molecule has 1 unspecified atom stereocenters. The molecule has 6 nitrogen and oxygen atoms in total. The third-order valence-corrected chi connectivity index (χ3v) is 7.47. The maximum Gasteiger partial charge on any atom is 0.187 e. The van der Waals surface area contributed by atoms with Crippen molar-refractivity contribution in [2.24, 2.45) is 0 Å². The van der Waals surface area contributed by atoms with E-state index in [1.54, 1.807) is 0 Å². The Hall–Kier alpha value is -0.860. The van der Waals surface area contributed by atoms with Crippen molar-refractivity contribution >= 4 is 32.2 Å². The van der Waals surface area contributed by atoms with Gasteiger partial charge in [-0.25, -0.2) is 8.42 Å². The zero-order chi connectivity index (χ0) is 15.2. The lowest BCUT2D eigenvalue weighted by Gasteiger charge is -2.28. The Morgan fingerprint density at radius 1 is 1.38 bits per heavy atom. The highest BCUT2D eigenvalue weighted by atomic mass is 32.2. The molecule has 1 aromatic rings. The fraction of sp³-hybridized carbons (Fsp3) is 0.769. The number of nitrogens with zero attached hydrogens (tertiary/aromatic N) is 3. The zero-order valence-corrected chi connectivity index (χ0v) is 14.1. The molecule has 1 aliphatic carbocycles. The molecule has 21 heavy (non-hydrogen) atoms. The summed E-state index contributed by atoms with van der Waals surface area (Å²) in [7, 11) is 0.777. The topological polar surface area (TPSA) is 79.5 Å². The summed E-state index contributed by atoms with van der Waals surface area (Å²) < 4.78 is 29.4. The van der Waals surface area contributed by atoms with Gasteiger partial charge in [0.1, 0.15) is 9.90 Å². The molecule has 1 aliphatic heterocycles. The van der Waals surface area contributed by atoms with E-state index in [1.165, 1.54) is 11.5 Å². The van der Waals surface area contributed by atoms with E-state index in [9.17, 15) is 8.42 Å². The second kappa shape index (κ2) is 5.40. The van der Waals surface area contributed by atoms with Gasteiger partial charge in [-0.05, 0) is 51.3 Å². The highest BCUT2D eigenvalue weighted by Gasteiger charge is 2.42. The first-order valence-corrected chi connectivity index (χ1v) is 9.63. The highest BCUT2D eigenvalue weighted by Crippen LogP contribution is 2.44. The lowest BCUT2D eigenvalue weighted by Crippen LogP contribution is -2.37. The first kappa shape index (κ1) is 15.1. The molecule has 2 N–H and O–H groups in total. The van der Waals surface area contributed by atoms with Gasteiger partial charge in [0.15, 0.2) is 15.7 Å². The lowest BCUT2D eigenvalue weighted by atomic mass is 10.2. The lowest BCUT2D eigenvalue weighted by molar-refractivity contribution is 0.372. The molecule has 3 rings (SSSR count). The first-order chi connectivity index (χ1) is 9.91. The minimum atomic E-state index is -3.31. The van der Waals surface area contributed by atoms with Gasteiger partial charge in [0.05, 0.1) is 5.25 Å². The summed E-state index contributed by atoms with van der Waals surface area (Å²) in [5.74, 6) is 0.178. The molecule has 118 valence electrons. The van der Waals surface area contributed by atoms with E-state index in [-0.39, 0.29) is 11.1 Å². The minimum absolute atomic E-state index is 0.178. The van der Waals surface area contributed by atoms with E-state index >= 15 is 0 Å². The fourth-order valence-electron chi connectivity index (χ4n) is 2.99. The molecule has 0 bridgehead atoms. The first-order valence-electron chi connectivity index (χ1n) is 7.31. The summed E-state index contributed by atoms with van der Waals surface area (Å²) >= 11 is 1.23. The summed E-state index contributed by atoms with van der Waals surface area (Å²) in [6.45, 7) is 1.80. The van der Waals surface area contributed by atoms with Crippen molar-refractivity contribution in [3.05, 3.63) is 0 Å². The zero-order valence-electron chi connectivity index (χ0n) is 12.4. The Balaban J connectivity index is 1.96. The number of hydrogen-bond acceptors (Lipinski definition) is 7. The van der Waals surface area contributed by atoms with Crippen LogP contribution in [0.3, 0.4) is 0 Å². The van der Waals surface area contributed by atoms with Gasteiger partial charge in [-0.3, -0.25) is 0 Å². The van der Waals surface area contributed by atoms with Crippen LogP contribution in [0.5, 0.6) is 0 Å². The monoisotopic (exact) mass is 330 g/mol. The van der Waals surface area contributed by atoms with Gasteiger partial charge in [0.2, 0.25) is 0 Å². The number of likely N-dealkylation sites (N-methyl/N-ethyl adjacent to an activating group) is 1. The smallest absolute Gasteiger partial charge is 0.187 e. The summed E-state index contributed by atoms with van der Waals surface area (Å²) in [5, 5.41) is 0.508. The average Bonchev–Trinajstić information content (AvgIpc) is 3.06. The van der Waals surface area contributed by atoms with Crippen LogP contribution < -0.4 is 10.6 Å². The molecular weight excluding hydrogens is 308 g/mol. The second-order valence-corrected chi connectivity index (χ2v) is 9.11. The minimum Gasteiger partial charge on any atom is -0.382 e. The van der Waals surface area contributed by atoms with Crippen LogP contribution in [0.25, 0.3) is 0 Å². The molecule has 1 saturated heterocycles. The normalized spacial score (nSPS) is 23.2. The van der Waals surface area contributed by atoms with Crippen LogP contribution in [0, 0.1) is 0 Å². The Kier molecular flexibility index (Phi) is 3.87. The van der Waals surface area contributed by atoms with Crippen LogP contribution in [0.2, 0.25) is 0 Å². The number of anilines is 2. The maximum absolute atomic E-state index is 12.6. The third kappa shape index (κ3) is 2.76. The van der Waals surface area contributed by atoms with Crippen LogP contribution in [0.4, 0.5) is 10.8 Å². The Bertz CT molecular complexity index is 622.